The Labute approximate surface area is 327 Å². The molecule has 0 amide bonds. The van der Waals surface area contributed by atoms with Crippen LogP contribution in [0.2, 0.25) is 0 Å². The van der Waals surface area contributed by atoms with Crippen LogP contribution < -0.4 is 0 Å². The smallest absolute Gasteiger partial charge is 0.180 e. The number of aryl methyl sites for hydroxylation is 1. The van der Waals surface area contributed by atoms with Gasteiger partial charge in [-0.25, -0.2) is 9.97 Å². The lowest BCUT2D eigenvalue weighted by Crippen LogP contribution is -2.15. The van der Waals surface area contributed by atoms with Gasteiger partial charge in [-0.2, -0.15) is 0 Å². The fraction of sp³-hybridized carbons (Fsp3) is 0.115. The third-order valence-corrected chi connectivity index (χ3v) is 12.9. The van der Waals surface area contributed by atoms with Crippen molar-refractivity contribution >= 4 is 65.9 Å². The summed E-state index contributed by atoms with van der Waals surface area (Å²) in [6, 6.07) is 49.5. The van der Waals surface area contributed by atoms with E-state index in [1.54, 1.807) is 0 Å². The van der Waals surface area contributed by atoms with Crippen molar-refractivity contribution in [1.29, 1.82) is 0 Å². The third-order valence-electron chi connectivity index (χ3n) is 12.9. The fourth-order valence-corrected chi connectivity index (χ4v) is 10.3. The molecule has 2 aliphatic carbocycles. The molecule has 1 unspecified atom stereocenters. The quantitative estimate of drug-likeness (QED) is 0.180. The van der Waals surface area contributed by atoms with Gasteiger partial charge < -0.3 is 13.3 Å². The maximum absolute atomic E-state index is 6.59. The average molecular weight is 735 g/mol. The summed E-state index contributed by atoms with van der Waals surface area (Å²) in [4.78, 5) is 10.6. The Kier molecular flexibility index (Phi) is 6.07. The molecular formula is C52H34N2O3. The molecule has 0 radical (unpaired) electrons. The lowest BCUT2D eigenvalue weighted by Gasteiger charge is -2.22. The summed E-state index contributed by atoms with van der Waals surface area (Å²) < 4.78 is 19.3. The maximum Gasteiger partial charge on any atom is 0.180 e. The van der Waals surface area contributed by atoms with E-state index in [0.29, 0.717) is 12.0 Å². The minimum Gasteiger partial charge on any atom is -0.456 e. The molecule has 11 aromatic rings. The lowest BCUT2D eigenvalue weighted by atomic mass is 9.81. The molecule has 5 nitrogen and oxygen atoms in total. The molecule has 0 aliphatic heterocycles. The largest absolute Gasteiger partial charge is 0.456 e. The van der Waals surface area contributed by atoms with Gasteiger partial charge in [0, 0.05) is 50.2 Å². The highest BCUT2D eigenvalue weighted by molar-refractivity contribution is 6.26. The molecule has 0 bridgehead atoms. The van der Waals surface area contributed by atoms with Crippen LogP contribution in [0.15, 0.2) is 153 Å². The van der Waals surface area contributed by atoms with Gasteiger partial charge in [-0.15, -0.1) is 0 Å². The molecule has 270 valence electrons. The van der Waals surface area contributed by atoms with E-state index < -0.39 is 0 Å². The van der Waals surface area contributed by atoms with Crippen molar-refractivity contribution in [3.8, 4) is 33.5 Å². The summed E-state index contributed by atoms with van der Waals surface area (Å²) >= 11 is 0. The Balaban J connectivity index is 0.967. The summed E-state index contributed by atoms with van der Waals surface area (Å²) in [5, 5.41) is 5.18. The van der Waals surface area contributed by atoms with Crippen LogP contribution in [0.5, 0.6) is 0 Å². The first-order valence-corrected chi connectivity index (χ1v) is 19.8. The zero-order valence-electron chi connectivity index (χ0n) is 31.4. The summed E-state index contributed by atoms with van der Waals surface area (Å²) in [7, 11) is 0. The number of fused-ring (bicyclic) bond motifs is 17. The van der Waals surface area contributed by atoms with Crippen molar-refractivity contribution in [3.63, 3.8) is 0 Å². The van der Waals surface area contributed by atoms with E-state index in [1.807, 2.05) is 42.5 Å². The van der Waals surface area contributed by atoms with E-state index in [1.165, 1.54) is 44.5 Å². The van der Waals surface area contributed by atoms with Crippen LogP contribution in [-0.4, -0.2) is 9.97 Å². The van der Waals surface area contributed by atoms with Crippen molar-refractivity contribution in [1.82, 2.24) is 9.97 Å². The van der Waals surface area contributed by atoms with Gasteiger partial charge in [0.2, 0.25) is 0 Å². The molecule has 2 aliphatic rings. The van der Waals surface area contributed by atoms with Gasteiger partial charge in [0.25, 0.3) is 0 Å². The summed E-state index contributed by atoms with van der Waals surface area (Å²) in [6.45, 7) is 4.72. The summed E-state index contributed by atoms with van der Waals surface area (Å²) in [5.41, 5.74) is 18.5. The molecule has 0 fully saturated rings. The lowest BCUT2D eigenvalue weighted by molar-refractivity contribution is 0.658. The van der Waals surface area contributed by atoms with Gasteiger partial charge in [-0.1, -0.05) is 105 Å². The second-order valence-corrected chi connectivity index (χ2v) is 16.3. The van der Waals surface area contributed by atoms with Gasteiger partial charge >= 0.3 is 0 Å². The number of hydrogen-bond acceptors (Lipinski definition) is 5. The molecule has 1 atom stereocenters. The Bertz CT molecular complexity index is 3520. The van der Waals surface area contributed by atoms with E-state index in [2.05, 4.69) is 111 Å². The van der Waals surface area contributed by atoms with Crippen molar-refractivity contribution in [3.05, 3.63) is 168 Å². The van der Waals surface area contributed by atoms with Gasteiger partial charge in [0.05, 0.1) is 0 Å². The van der Waals surface area contributed by atoms with Crippen LogP contribution >= 0.6 is 0 Å². The molecule has 0 spiro atoms. The molecule has 0 saturated carbocycles. The molecule has 0 N–H and O–H groups in total. The standard InChI is InChI=1S/C52H34N2O3/c1-52(2)37-16-8-5-13-33(37)46-38(52)22-20-32-30(29-11-3-4-12-31(29)45(32)46)21-26-44-53-49(51-50(54-44)35-15-7-10-18-40(35)57-51)28-19-23-41-36(27-28)48-43(56-41)25-24-42-47(48)34-14-6-9-17-39(34)55-42/h3-20,22-25,27,30H,21,26H2,1-2H3. The van der Waals surface area contributed by atoms with Crippen molar-refractivity contribution in [2.45, 2.75) is 38.0 Å². The predicted molar refractivity (Wildman–Crippen MR) is 229 cm³/mol. The summed E-state index contributed by atoms with van der Waals surface area (Å²) in [5.74, 6) is 1.03. The van der Waals surface area contributed by atoms with E-state index in [0.717, 1.165) is 83.9 Å². The van der Waals surface area contributed by atoms with Gasteiger partial charge in [0.1, 0.15) is 45.0 Å². The number of rotatable bonds is 4. The Morgan fingerprint density at radius 3 is 2.04 bits per heavy atom. The maximum atomic E-state index is 6.59. The van der Waals surface area contributed by atoms with E-state index in [9.17, 15) is 0 Å². The average Bonchev–Trinajstić information content (AvgIpc) is 4.04. The first-order valence-electron chi connectivity index (χ1n) is 19.8. The normalized spacial score (nSPS) is 15.3. The molecule has 4 aromatic heterocycles. The first-order chi connectivity index (χ1) is 28.0. The molecular weight excluding hydrogens is 701 g/mol. The van der Waals surface area contributed by atoms with E-state index in [4.69, 9.17) is 23.2 Å². The van der Waals surface area contributed by atoms with Crippen LogP contribution in [0, 0.1) is 0 Å². The zero-order valence-corrected chi connectivity index (χ0v) is 31.4. The van der Waals surface area contributed by atoms with Crippen LogP contribution in [-0.2, 0) is 11.8 Å². The molecule has 0 saturated heterocycles. The molecule has 13 rings (SSSR count). The molecule has 7 aromatic carbocycles. The Morgan fingerprint density at radius 1 is 0.526 bits per heavy atom. The van der Waals surface area contributed by atoms with Crippen LogP contribution in [0.25, 0.3) is 99.5 Å². The summed E-state index contributed by atoms with van der Waals surface area (Å²) in [6.07, 6.45) is 1.59. The highest BCUT2D eigenvalue weighted by Gasteiger charge is 2.40. The highest BCUT2D eigenvalue weighted by atomic mass is 16.3. The molecule has 4 heterocycles. The van der Waals surface area contributed by atoms with Gasteiger partial charge in [-0.3, -0.25) is 0 Å². The topological polar surface area (TPSA) is 65.2 Å². The monoisotopic (exact) mass is 734 g/mol. The SMILES string of the molecule is CC1(C)c2ccccc2-c2c1ccc1c2-c2ccccc2C1CCc1nc(-c2ccc3oc4ccc5oc6ccccc6c5c4c3c2)c2oc3ccccc3c2n1. The number of benzene rings is 7. The second-order valence-electron chi connectivity index (χ2n) is 16.3. The Hall–Kier alpha value is -6.98. The molecule has 5 heteroatoms. The number of nitrogens with zero attached hydrogens (tertiary/aromatic N) is 2. The number of furan rings is 3. The zero-order chi connectivity index (χ0) is 37.6. The predicted octanol–water partition coefficient (Wildman–Crippen LogP) is 13.9. The highest BCUT2D eigenvalue weighted by Crippen LogP contribution is 2.58. The number of hydrogen-bond donors (Lipinski definition) is 0. The number of aromatic nitrogens is 2. The minimum atomic E-state index is -0.0505. The van der Waals surface area contributed by atoms with E-state index in [-0.39, 0.29) is 11.3 Å². The Morgan fingerprint density at radius 2 is 1.19 bits per heavy atom. The third kappa shape index (κ3) is 4.18. The van der Waals surface area contributed by atoms with Gasteiger partial charge in [0.15, 0.2) is 5.58 Å². The van der Waals surface area contributed by atoms with Crippen molar-refractivity contribution in [2.24, 2.45) is 0 Å². The van der Waals surface area contributed by atoms with Crippen molar-refractivity contribution < 1.29 is 13.3 Å². The minimum absolute atomic E-state index is 0.0505. The fourth-order valence-electron chi connectivity index (χ4n) is 10.3. The number of para-hydroxylation sites is 2. The van der Waals surface area contributed by atoms with Crippen LogP contribution in [0.4, 0.5) is 0 Å². The second kappa shape index (κ2) is 11.1. The van der Waals surface area contributed by atoms with E-state index >= 15 is 0 Å². The molecule has 57 heavy (non-hydrogen) atoms. The van der Waals surface area contributed by atoms with Gasteiger partial charge in [-0.05, 0) is 99.5 Å². The van der Waals surface area contributed by atoms with Crippen LogP contribution in [0.3, 0.4) is 0 Å². The first kappa shape index (κ1) is 31.2. The van der Waals surface area contributed by atoms with Crippen LogP contribution in [0.1, 0.15) is 54.3 Å². The van der Waals surface area contributed by atoms with Crippen molar-refractivity contribution in [2.75, 3.05) is 0 Å².